The summed E-state index contributed by atoms with van der Waals surface area (Å²) in [4.78, 5) is 39.8. The third-order valence-electron chi connectivity index (χ3n) is 2.51. The first-order valence-electron chi connectivity index (χ1n) is 4.85. The molecule has 0 atom stereocenters. The lowest BCUT2D eigenvalue weighted by Crippen LogP contribution is -2.31. The molecule has 2 rings (SSSR count). The van der Waals surface area contributed by atoms with Crippen molar-refractivity contribution in [1.82, 2.24) is 14.8 Å². The molecule has 0 unspecified atom stereocenters. The summed E-state index contributed by atoms with van der Waals surface area (Å²) in [6.07, 6.45) is 1.50. The van der Waals surface area contributed by atoms with Gasteiger partial charge >= 0.3 is 17.8 Å². The monoisotopic (exact) mass is 234 g/mol. The Bertz CT molecular complexity index is 514. The van der Waals surface area contributed by atoms with Gasteiger partial charge in [0.15, 0.2) is 0 Å². The van der Waals surface area contributed by atoms with E-state index in [1.807, 2.05) is 0 Å². The largest absolute Gasteiger partial charge is 0.383 e. The standard InChI is InChI=1S/C10H10N4O3/c1-13-8(15)9(16)14(10(13)17)5-6-3-2-4-12-7(6)11/h2-4H,5H2,1H3,(H2,11,12). The minimum Gasteiger partial charge on any atom is -0.383 e. The van der Waals surface area contributed by atoms with Crippen molar-refractivity contribution in [3.05, 3.63) is 23.9 Å². The highest BCUT2D eigenvalue weighted by Gasteiger charge is 2.42. The van der Waals surface area contributed by atoms with Crippen LogP contribution < -0.4 is 5.73 Å². The zero-order valence-corrected chi connectivity index (χ0v) is 9.08. The van der Waals surface area contributed by atoms with Crippen LogP contribution in [-0.4, -0.2) is 39.7 Å². The maximum atomic E-state index is 11.6. The predicted molar refractivity (Wildman–Crippen MR) is 57.4 cm³/mol. The molecule has 2 heterocycles. The fourth-order valence-electron chi connectivity index (χ4n) is 1.51. The average molecular weight is 234 g/mol. The number of hydrogen-bond acceptors (Lipinski definition) is 5. The molecule has 17 heavy (non-hydrogen) atoms. The van der Waals surface area contributed by atoms with Crippen LogP contribution in [0, 0.1) is 0 Å². The van der Waals surface area contributed by atoms with E-state index < -0.39 is 17.8 Å². The first-order chi connectivity index (χ1) is 8.02. The van der Waals surface area contributed by atoms with Gasteiger partial charge in [-0.2, -0.15) is 0 Å². The molecule has 1 aliphatic heterocycles. The number of nitrogen functional groups attached to an aromatic ring is 1. The molecule has 0 aromatic carbocycles. The summed E-state index contributed by atoms with van der Waals surface area (Å²) in [5.74, 6) is -1.45. The van der Waals surface area contributed by atoms with E-state index in [-0.39, 0.29) is 12.4 Å². The van der Waals surface area contributed by atoms with Gasteiger partial charge in [-0.3, -0.25) is 19.4 Å². The summed E-state index contributed by atoms with van der Waals surface area (Å²) in [6, 6.07) is 2.64. The lowest BCUT2D eigenvalue weighted by Gasteiger charge is -2.13. The lowest BCUT2D eigenvalue weighted by atomic mass is 10.2. The van der Waals surface area contributed by atoms with E-state index in [1.165, 1.54) is 13.2 Å². The van der Waals surface area contributed by atoms with Gasteiger partial charge < -0.3 is 5.73 Å². The van der Waals surface area contributed by atoms with Gasteiger partial charge in [-0.1, -0.05) is 6.07 Å². The normalized spacial score (nSPS) is 15.9. The third-order valence-corrected chi connectivity index (χ3v) is 2.51. The fraction of sp³-hybridized carbons (Fsp3) is 0.200. The number of nitrogens with two attached hydrogens (primary N) is 1. The molecular weight excluding hydrogens is 224 g/mol. The Morgan fingerprint density at radius 2 is 2.00 bits per heavy atom. The van der Waals surface area contributed by atoms with Crippen LogP contribution in [0.2, 0.25) is 0 Å². The third kappa shape index (κ3) is 1.71. The molecule has 7 nitrogen and oxygen atoms in total. The zero-order valence-electron chi connectivity index (χ0n) is 9.08. The fourth-order valence-corrected chi connectivity index (χ4v) is 1.51. The Labute approximate surface area is 96.8 Å². The van der Waals surface area contributed by atoms with Gasteiger partial charge in [0.2, 0.25) is 0 Å². The lowest BCUT2D eigenvalue weighted by molar-refractivity contribution is -0.143. The van der Waals surface area contributed by atoms with Gasteiger partial charge in [0.1, 0.15) is 5.82 Å². The van der Waals surface area contributed by atoms with Crippen molar-refractivity contribution in [3.8, 4) is 0 Å². The summed E-state index contributed by atoms with van der Waals surface area (Å²) in [5, 5.41) is 0. The van der Waals surface area contributed by atoms with E-state index in [4.69, 9.17) is 5.73 Å². The summed E-state index contributed by atoms with van der Waals surface area (Å²) < 4.78 is 0. The number of likely N-dealkylation sites (N-methyl/N-ethyl adjacent to an activating group) is 1. The molecule has 88 valence electrons. The second-order valence-corrected chi connectivity index (χ2v) is 3.59. The van der Waals surface area contributed by atoms with E-state index in [2.05, 4.69) is 4.98 Å². The van der Waals surface area contributed by atoms with Crippen LogP contribution in [0.5, 0.6) is 0 Å². The van der Waals surface area contributed by atoms with Gasteiger partial charge in [0, 0.05) is 18.8 Å². The van der Waals surface area contributed by atoms with Crippen molar-refractivity contribution in [3.63, 3.8) is 0 Å². The number of pyridine rings is 1. The van der Waals surface area contributed by atoms with Crippen molar-refractivity contribution < 1.29 is 14.4 Å². The first-order valence-corrected chi connectivity index (χ1v) is 4.85. The molecule has 1 fully saturated rings. The number of hydrogen-bond donors (Lipinski definition) is 1. The van der Waals surface area contributed by atoms with Gasteiger partial charge in [0.25, 0.3) is 0 Å². The molecule has 1 aromatic rings. The maximum absolute atomic E-state index is 11.6. The summed E-state index contributed by atoms with van der Waals surface area (Å²) in [7, 11) is 1.26. The number of nitrogens with zero attached hydrogens (tertiary/aromatic N) is 3. The number of urea groups is 1. The quantitative estimate of drug-likeness (QED) is 0.554. The number of anilines is 1. The van der Waals surface area contributed by atoms with Gasteiger partial charge in [-0.25, -0.2) is 9.78 Å². The minimum absolute atomic E-state index is 0.0482. The molecule has 1 aliphatic rings. The highest BCUT2D eigenvalue weighted by Crippen LogP contribution is 2.16. The van der Waals surface area contributed by atoms with Crippen molar-refractivity contribution >= 4 is 23.7 Å². The SMILES string of the molecule is CN1C(=O)C(=O)N(Cc2cccnc2N)C1=O. The summed E-state index contributed by atoms with van der Waals surface area (Å²) >= 11 is 0. The summed E-state index contributed by atoms with van der Waals surface area (Å²) in [6.45, 7) is -0.0482. The molecule has 0 radical (unpaired) electrons. The molecule has 0 bridgehead atoms. The Morgan fingerprint density at radius 3 is 2.53 bits per heavy atom. The first kappa shape index (κ1) is 11.1. The second-order valence-electron chi connectivity index (χ2n) is 3.59. The molecular formula is C10H10N4O3. The highest BCUT2D eigenvalue weighted by atomic mass is 16.2. The average Bonchev–Trinajstić information content (AvgIpc) is 2.50. The van der Waals surface area contributed by atoms with Crippen molar-refractivity contribution in [2.45, 2.75) is 6.54 Å². The Kier molecular flexibility index (Phi) is 2.51. The maximum Gasteiger partial charge on any atom is 0.334 e. The van der Waals surface area contributed by atoms with Crippen molar-refractivity contribution in [2.24, 2.45) is 0 Å². The molecule has 0 saturated carbocycles. The van der Waals surface area contributed by atoms with E-state index >= 15 is 0 Å². The topological polar surface area (TPSA) is 96.6 Å². The second kappa shape index (κ2) is 3.85. The van der Waals surface area contributed by atoms with E-state index in [9.17, 15) is 14.4 Å². The van der Waals surface area contributed by atoms with E-state index in [0.717, 1.165) is 9.80 Å². The summed E-state index contributed by atoms with van der Waals surface area (Å²) in [5.41, 5.74) is 6.13. The van der Waals surface area contributed by atoms with Crippen LogP contribution in [-0.2, 0) is 16.1 Å². The van der Waals surface area contributed by atoms with Gasteiger partial charge in [-0.05, 0) is 6.07 Å². The predicted octanol–water partition coefficient (Wildman–Crippen LogP) is -0.416. The Morgan fingerprint density at radius 1 is 1.29 bits per heavy atom. The number of carbonyl (C=O) groups excluding carboxylic acids is 3. The van der Waals surface area contributed by atoms with Crippen LogP contribution in [0.3, 0.4) is 0 Å². The molecule has 1 aromatic heterocycles. The van der Waals surface area contributed by atoms with Gasteiger partial charge in [-0.15, -0.1) is 0 Å². The minimum atomic E-state index is -0.847. The van der Waals surface area contributed by atoms with Crippen LogP contribution >= 0.6 is 0 Å². The van der Waals surface area contributed by atoms with Crippen molar-refractivity contribution in [1.29, 1.82) is 0 Å². The van der Waals surface area contributed by atoms with Crippen molar-refractivity contribution in [2.75, 3.05) is 12.8 Å². The zero-order chi connectivity index (χ0) is 12.6. The van der Waals surface area contributed by atoms with Crippen LogP contribution in [0.25, 0.3) is 0 Å². The smallest absolute Gasteiger partial charge is 0.334 e. The molecule has 2 N–H and O–H groups in total. The number of amides is 4. The number of imide groups is 2. The molecule has 4 amide bonds. The van der Waals surface area contributed by atoms with E-state index in [1.54, 1.807) is 12.1 Å². The molecule has 0 spiro atoms. The van der Waals surface area contributed by atoms with E-state index in [0.29, 0.717) is 5.56 Å². The number of aromatic nitrogens is 1. The molecule has 0 aliphatic carbocycles. The highest BCUT2D eigenvalue weighted by molar-refractivity contribution is 6.44. The molecule has 1 saturated heterocycles. The Hall–Kier alpha value is -2.44. The number of rotatable bonds is 2. The number of carbonyl (C=O) groups is 3. The molecule has 7 heteroatoms. The van der Waals surface area contributed by atoms with Crippen LogP contribution in [0.15, 0.2) is 18.3 Å². The van der Waals surface area contributed by atoms with Crippen LogP contribution in [0.1, 0.15) is 5.56 Å². The van der Waals surface area contributed by atoms with Crippen LogP contribution in [0.4, 0.5) is 10.6 Å². The van der Waals surface area contributed by atoms with Gasteiger partial charge in [0.05, 0.1) is 6.54 Å². The Balaban J connectivity index is 2.26.